The lowest BCUT2D eigenvalue weighted by atomic mass is 10.2. The first-order valence-corrected chi connectivity index (χ1v) is 7.86. The Labute approximate surface area is 122 Å². The fourth-order valence-corrected chi connectivity index (χ4v) is 1.82. The quantitative estimate of drug-likeness (QED) is 0.414. The summed E-state index contributed by atoms with van der Waals surface area (Å²) >= 11 is 0. The molecule has 20 heavy (non-hydrogen) atoms. The summed E-state index contributed by atoms with van der Waals surface area (Å²) in [5.41, 5.74) is 0. The van der Waals surface area contributed by atoms with Gasteiger partial charge in [0, 0.05) is 19.3 Å². The second kappa shape index (κ2) is 11.1. The van der Waals surface area contributed by atoms with Gasteiger partial charge in [0.2, 0.25) is 0 Å². The summed E-state index contributed by atoms with van der Waals surface area (Å²) < 4.78 is 16.0. The van der Waals surface area contributed by atoms with Crippen LogP contribution in [0.15, 0.2) is 0 Å². The summed E-state index contributed by atoms with van der Waals surface area (Å²) in [6.07, 6.45) is 5.21. The highest BCUT2D eigenvalue weighted by atomic mass is 16.5. The zero-order chi connectivity index (χ0) is 14.6. The molecule has 118 valence electrons. The van der Waals surface area contributed by atoms with Crippen molar-refractivity contribution in [3.05, 3.63) is 0 Å². The van der Waals surface area contributed by atoms with Crippen LogP contribution in [0.25, 0.3) is 0 Å². The second-order valence-corrected chi connectivity index (χ2v) is 5.11. The first-order chi connectivity index (χ1) is 9.77. The van der Waals surface area contributed by atoms with Crippen LogP contribution in [0, 0.1) is 0 Å². The van der Waals surface area contributed by atoms with Crippen molar-refractivity contribution in [2.24, 2.45) is 0 Å². The Morgan fingerprint density at radius 2 is 1.85 bits per heavy atom. The smallest absolute Gasteiger partial charge is 0.323 e. The third-order valence-electron chi connectivity index (χ3n) is 3.15. The van der Waals surface area contributed by atoms with E-state index in [0.717, 1.165) is 32.3 Å². The van der Waals surface area contributed by atoms with Gasteiger partial charge in [-0.2, -0.15) is 0 Å². The van der Waals surface area contributed by atoms with Crippen molar-refractivity contribution in [2.75, 3.05) is 33.0 Å². The summed E-state index contributed by atoms with van der Waals surface area (Å²) in [7, 11) is 0. The first-order valence-electron chi connectivity index (χ1n) is 7.86. The summed E-state index contributed by atoms with van der Waals surface area (Å²) in [6, 6.07) is 0.255. The molecule has 1 saturated carbocycles. The van der Waals surface area contributed by atoms with E-state index in [2.05, 4.69) is 12.2 Å². The summed E-state index contributed by atoms with van der Waals surface area (Å²) in [6.45, 7) is 6.96. The molecule has 0 radical (unpaired) electrons. The summed E-state index contributed by atoms with van der Waals surface area (Å²) in [5, 5.41) is 3.31. The minimum absolute atomic E-state index is 0.165. The molecule has 0 amide bonds. The van der Waals surface area contributed by atoms with E-state index < -0.39 is 0 Å². The SMILES string of the molecule is CCCCOCCOCCC(NC1CC1)C(=O)OCC. The van der Waals surface area contributed by atoms with Crippen LogP contribution in [0.2, 0.25) is 0 Å². The normalized spacial score (nSPS) is 16.1. The minimum Gasteiger partial charge on any atom is -0.465 e. The van der Waals surface area contributed by atoms with Crippen LogP contribution in [0.5, 0.6) is 0 Å². The average Bonchev–Trinajstić information content (AvgIpc) is 3.24. The Kier molecular flexibility index (Phi) is 9.62. The number of hydrogen-bond acceptors (Lipinski definition) is 5. The topological polar surface area (TPSA) is 56.8 Å². The maximum absolute atomic E-state index is 11.8. The molecule has 1 atom stereocenters. The van der Waals surface area contributed by atoms with Gasteiger partial charge in [-0.1, -0.05) is 13.3 Å². The maximum atomic E-state index is 11.8. The molecule has 0 spiro atoms. The molecular weight excluding hydrogens is 258 g/mol. The van der Waals surface area contributed by atoms with Crippen molar-refractivity contribution < 1.29 is 19.0 Å². The number of unbranched alkanes of at least 4 members (excludes halogenated alkanes) is 1. The maximum Gasteiger partial charge on any atom is 0.323 e. The molecule has 1 aliphatic rings. The number of nitrogens with one attached hydrogen (secondary N) is 1. The number of esters is 1. The molecule has 1 N–H and O–H groups in total. The zero-order valence-corrected chi connectivity index (χ0v) is 12.9. The second-order valence-electron chi connectivity index (χ2n) is 5.11. The highest BCUT2D eigenvalue weighted by Crippen LogP contribution is 2.20. The molecule has 0 heterocycles. The van der Waals surface area contributed by atoms with E-state index in [-0.39, 0.29) is 12.0 Å². The van der Waals surface area contributed by atoms with Crippen LogP contribution in [0.3, 0.4) is 0 Å². The van der Waals surface area contributed by atoms with Crippen LogP contribution < -0.4 is 5.32 Å². The monoisotopic (exact) mass is 287 g/mol. The molecule has 5 nitrogen and oxygen atoms in total. The van der Waals surface area contributed by atoms with Gasteiger partial charge in [0.15, 0.2) is 0 Å². The van der Waals surface area contributed by atoms with Crippen molar-refractivity contribution in [1.29, 1.82) is 0 Å². The lowest BCUT2D eigenvalue weighted by Crippen LogP contribution is -2.40. The Morgan fingerprint density at radius 1 is 1.15 bits per heavy atom. The highest BCUT2D eigenvalue weighted by molar-refractivity contribution is 5.75. The van der Waals surface area contributed by atoms with Crippen LogP contribution in [0.1, 0.15) is 46.0 Å². The fourth-order valence-electron chi connectivity index (χ4n) is 1.82. The highest BCUT2D eigenvalue weighted by Gasteiger charge is 2.28. The van der Waals surface area contributed by atoms with Gasteiger partial charge in [0.1, 0.15) is 6.04 Å². The molecule has 1 aliphatic carbocycles. The molecule has 0 aliphatic heterocycles. The van der Waals surface area contributed by atoms with Crippen molar-refractivity contribution >= 4 is 5.97 Å². The molecule has 0 bridgehead atoms. The van der Waals surface area contributed by atoms with Gasteiger partial charge in [-0.05, 0) is 32.6 Å². The van der Waals surface area contributed by atoms with Gasteiger partial charge in [0.05, 0.1) is 19.8 Å². The van der Waals surface area contributed by atoms with Gasteiger partial charge in [-0.3, -0.25) is 4.79 Å². The third kappa shape index (κ3) is 8.51. The van der Waals surface area contributed by atoms with E-state index in [0.29, 0.717) is 38.9 Å². The van der Waals surface area contributed by atoms with Crippen molar-refractivity contribution in [1.82, 2.24) is 5.32 Å². The number of ether oxygens (including phenoxy) is 3. The van der Waals surface area contributed by atoms with Crippen molar-refractivity contribution in [2.45, 2.75) is 58.0 Å². The van der Waals surface area contributed by atoms with E-state index >= 15 is 0 Å². The standard InChI is InChI=1S/C15H29NO4/c1-3-5-9-18-11-12-19-10-8-14(15(17)20-4-2)16-13-6-7-13/h13-14,16H,3-12H2,1-2H3. The molecule has 5 heteroatoms. The van der Waals surface area contributed by atoms with Crippen molar-refractivity contribution in [3.8, 4) is 0 Å². The molecule has 0 aromatic carbocycles. The zero-order valence-electron chi connectivity index (χ0n) is 12.9. The predicted molar refractivity (Wildman–Crippen MR) is 77.7 cm³/mol. The number of carbonyl (C=O) groups is 1. The molecule has 1 rings (SSSR count). The van der Waals surface area contributed by atoms with Gasteiger partial charge in [-0.15, -0.1) is 0 Å². The van der Waals surface area contributed by atoms with Crippen LogP contribution in [-0.4, -0.2) is 51.1 Å². The van der Waals surface area contributed by atoms with E-state index in [1.807, 2.05) is 6.92 Å². The van der Waals surface area contributed by atoms with E-state index in [1.54, 1.807) is 0 Å². The molecule has 0 aromatic heterocycles. The predicted octanol–water partition coefficient (Wildman–Crippen LogP) is 1.89. The summed E-state index contributed by atoms with van der Waals surface area (Å²) in [4.78, 5) is 11.8. The largest absolute Gasteiger partial charge is 0.465 e. The molecule has 0 saturated heterocycles. The Hall–Kier alpha value is -0.650. The van der Waals surface area contributed by atoms with E-state index in [1.165, 1.54) is 0 Å². The Morgan fingerprint density at radius 3 is 2.45 bits per heavy atom. The van der Waals surface area contributed by atoms with E-state index in [4.69, 9.17) is 14.2 Å². The number of rotatable bonds is 13. The van der Waals surface area contributed by atoms with Gasteiger partial charge >= 0.3 is 5.97 Å². The van der Waals surface area contributed by atoms with Crippen molar-refractivity contribution in [3.63, 3.8) is 0 Å². The van der Waals surface area contributed by atoms with Crippen LogP contribution >= 0.6 is 0 Å². The minimum atomic E-state index is -0.233. The number of carbonyl (C=O) groups excluding carboxylic acids is 1. The lowest BCUT2D eigenvalue weighted by molar-refractivity contribution is -0.146. The third-order valence-corrected chi connectivity index (χ3v) is 3.15. The molecule has 0 aromatic rings. The first kappa shape index (κ1) is 17.4. The molecular formula is C15H29NO4. The molecule has 1 fully saturated rings. The van der Waals surface area contributed by atoms with Crippen LogP contribution in [-0.2, 0) is 19.0 Å². The number of hydrogen-bond donors (Lipinski definition) is 1. The lowest BCUT2D eigenvalue weighted by Gasteiger charge is -2.17. The summed E-state index contributed by atoms with van der Waals surface area (Å²) in [5.74, 6) is -0.165. The van der Waals surface area contributed by atoms with Gasteiger partial charge in [-0.25, -0.2) is 0 Å². The average molecular weight is 287 g/mol. The molecule has 1 unspecified atom stereocenters. The Bertz CT molecular complexity index is 256. The van der Waals surface area contributed by atoms with E-state index in [9.17, 15) is 4.79 Å². The van der Waals surface area contributed by atoms with Gasteiger partial charge < -0.3 is 19.5 Å². The van der Waals surface area contributed by atoms with Gasteiger partial charge in [0.25, 0.3) is 0 Å². The van der Waals surface area contributed by atoms with Crippen LogP contribution in [0.4, 0.5) is 0 Å². The fraction of sp³-hybridized carbons (Fsp3) is 0.933. The Balaban J connectivity index is 2.04.